The van der Waals surface area contributed by atoms with Gasteiger partial charge in [0.1, 0.15) is 18.3 Å². The third-order valence-corrected chi connectivity index (χ3v) is 4.84. The molecule has 2 aromatic heterocycles. The smallest absolute Gasteiger partial charge is 0.259 e. The fourth-order valence-corrected chi connectivity index (χ4v) is 3.30. The third-order valence-electron chi connectivity index (χ3n) is 4.84. The van der Waals surface area contributed by atoms with Gasteiger partial charge < -0.3 is 5.32 Å². The molecule has 1 N–H and O–H groups in total. The molecular formula is C24H18N6O. The van der Waals surface area contributed by atoms with Crippen molar-refractivity contribution in [2.75, 3.05) is 5.32 Å². The van der Waals surface area contributed by atoms with Gasteiger partial charge in [-0.15, -0.1) is 0 Å². The summed E-state index contributed by atoms with van der Waals surface area (Å²) in [5, 5.41) is 11.8. The maximum Gasteiger partial charge on any atom is 0.259 e. The highest BCUT2D eigenvalue weighted by Crippen LogP contribution is 2.25. The number of anilines is 1. The molecule has 150 valence electrons. The van der Waals surface area contributed by atoms with E-state index in [0.717, 1.165) is 16.9 Å². The van der Waals surface area contributed by atoms with E-state index < -0.39 is 0 Å². The molecule has 0 fully saturated rings. The monoisotopic (exact) mass is 406 g/mol. The van der Waals surface area contributed by atoms with Gasteiger partial charge in [0.25, 0.3) is 5.91 Å². The van der Waals surface area contributed by atoms with E-state index in [9.17, 15) is 4.79 Å². The number of nitrogens with zero attached hydrogens (tertiary/aromatic N) is 5. The van der Waals surface area contributed by atoms with Gasteiger partial charge in [-0.2, -0.15) is 10.2 Å². The van der Waals surface area contributed by atoms with Crippen molar-refractivity contribution in [3.8, 4) is 22.6 Å². The average Bonchev–Trinajstić information content (AvgIpc) is 3.52. The Bertz CT molecular complexity index is 1290. The molecule has 3 aromatic carbocycles. The largest absolute Gasteiger partial charge is 0.322 e. The highest BCUT2D eigenvalue weighted by molar-refractivity contribution is 6.08. The van der Waals surface area contributed by atoms with Crippen molar-refractivity contribution in [2.24, 2.45) is 0 Å². The van der Waals surface area contributed by atoms with E-state index in [2.05, 4.69) is 15.4 Å². The van der Waals surface area contributed by atoms with E-state index in [4.69, 9.17) is 5.10 Å². The number of nitrogens with one attached hydrogen (secondary N) is 1. The molecule has 1 amide bonds. The van der Waals surface area contributed by atoms with Crippen LogP contribution >= 0.6 is 0 Å². The van der Waals surface area contributed by atoms with E-state index in [-0.39, 0.29) is 5.91 Å². The Morgan fingerprint density at radius 1 is 0.774 bits per heavy atom. The van der Waals surface area contributed by atoms with Gasteiger partial charge >= 0.3 is 0 Å². The van der Waals surface area contributed by atoms with Crippen molar-refractivity contribution in [1.82, 2.24) is 24.5 Å². The summed E-state index contributed by atoms with van der Waals surface area (Å²) in [6.45, 7) is 0. The number of para-hydroxylation sites is 1. The zero-order chi connectivity index (χ0) is 21.0. The van der Waals surface area contributed by atoms with E-state index in [1.54, 1.807) is 21.9 Å². The Morgan fingerprint density at radius 3 is 2.13 bits per heavy atom. The maximum atomic E-state index is 13.2. The lowest BCUT2D eigenvalue weighted by molar-refractivity contribution is 0.102. The Hall–Kier alpha value is -4.52. The number of benzene rings is 3. The summed E-state index contributed by atoms with van der Waals surface area (Å²) in [5.41, 5.74) is 4.43. The number of rotatable bonds is 5. The van der Waals surface area contributed by atoms with Crippen LogP contribution in [0.3, 0.4) is 0 Å². The molecule has 0 bridgehead atoms. The molecule has 7 nitrogen and oxygen atoms in total. The quantitative estimate of drug-likeness (QED) is 0.470. The standard InChI is InChI=1S/C24H18N6O/c31-24(27-19-11-13-21(14-12-19)30-17-25-16-26-30)22-15-29(20-9-5-2-6-10-20)28-23(22)18-7-3-1-4-8-18/h1-17H,(H,27,31). The molecule has 31 heavy (non-hydrogen) atoms. The van der Waals surface area contributed by atoms with Crippen molar-refractivity contribution in [3.05, 3.63) is 109 Å². The van der Waals surface area contributed by atoms with Gasteiger partial charge in [0.05, 0.1) is 16.9 Å². The van der Waals surface area contributed by atoms with Crippen LogP contribution in [0.4, 0.5) is 5.69 Å². The molecule has 0 aliphatic heterocycles. The fourth-order valence-electron chi connectivity index (χ4n) is 3.30. The first kappa shape index (κ1) is 18.5. The van der Waals surface area contributed by atoms with Crippen molar-refractivity contribution < 1.29 is 4.79 Å². The lowest BCUT2D eigenvalue weighted by Gasteiger charge is -2.07. The van der Waals surface area contributed by atoms with Gasteiger partial charge in [-0.25, -0.2) is 14.3 Å². The molecule has 0 spiro atoms. The molecule has 0 aliphatic rings. The van der Waals surface area contributed by atoms with E-state index in [1.165, 1.54) is 6.33 Å². The molecule has 5 aromatic rings. The van der Waals surface area contributed by atoms with Gasteiger partial charge in [0, 0.05) is 17.4 Å². The van der Waals surface area contributed by atoms with Gasteiger partial charge in [-0.3, -0.25) is 4.79 Å². The van der Waals surface area contributed by atoms with Crippen molar-refractivity contribution in [1.29, 1.82) is 0 Å². The normalized spacial score (nSPS) is 10.7. The molecule has 0 saturated heterocycles. The van der Waals surface area contributed by atoms with Crippen LogP contribution in [0.5, 0.6) is 0 Å². The van der Waals surface area contributed by atoms with Gasteiger partial charge in [-0.05, 0) is 36.4 Å². The summed E-state index contributed by atoms with van der Waals surface area (Å²) >= 11 is 0. The van der Waals surface area contributed by atoms with Gasteiger partial charge in [0.2, 0.25) is 0 Å². The summed E-state index contributed by atoms with van der Waals surface area (Å²) in [6, 6.07) is 26.8. The third kappa shape index (κ3) is 3.84. The number of hydrogen-bond donors (Lipinski definition) is 1. The lowest BCUT2D eigenvalue weighted by atomic mass is 10.1. The van der Waals surface area contributed by atoms with Crippen LogP contribution in [-0.2, 0) is 0 Å². The summed E-state index contributed by atoms with van der Waals surface area (Å²) in [6.07, 6.45) is 4.86. The molecule has 2 heterocycles. The topological polar surface area (TPSA) is 77.6 Å². The minimum atomic E-state index is -0.227. The second kappa shape index (κ2) is 8.08. The van der Waals surface area contributed by atoms with Crippen molar-refractivity contribution >= 4 is 11.6 Å². The Labute approximate surface area is 178 Å². The first-order valence-corrected chi connectivity index (χ1v) is 9.75. The minimum absolute atomic E-state index is 0.227. The van der Waals surface area contributed by atoms with Crippen LogP contribution in [0.2, 0.25) is 0 Å². The van der Waals surface area contributed by atoms with Gasteiger partial charge in [0.15, 0.2) is 0 Å². The molecule has 0 atom stereocenters. The summed E-state index contributed by atoms with van der Waals surface area (Å²) in [4.78, 5) is 17.1. The minimum Gasteiger partial charge on any atom is -0.322 e. The Morgan fingerprint density at radius 2 is 1.45 bits per heavy atom. The molecule has 7 heteroatoms. The van der Waals surface area contributed by atoms with Crippen molar-refractivity contribution in [2.45, 2.75) is 0 Å². The predicted octanol–water partition coefficient (Wildman–Crippen LogP) is 4.37. The molecule has 0 radical (unpaired) electrons. The van der Waals surface area contributed by atoms with Gasteiger partial charge in [-0.1, -0.05) is 48.5 Å². The highest BCUT2D eigenvalue weighted by atomic mass is 16.1. The predicted molar refractivity (Wildman–Crippen MR) is 118 cm³/mol. The average molecular weight is 406 g/mol. The van der Waals surface area contributed by atoms with Crippen molar-refractivity contribution in [3.63, 3.8) is 0 Å². The summed E-state index contributed by atoms with van der Waals surface area (Å²) < 4.78 is 3.38. The summed E-state index contributed by atoms with van der Waals surface area (Å²) in [7, 11) is 0. The van der Waals surface area contributed by atoms with E-state index >= 15 is 0 Å². The molecular weight excluding hydrogens is 388 g/mol. The van der Waals surface area contributed by atoms with Crippen LogP contribution in [0.15, 0.2) is 104 Å². The highest BCUT2D eigenvalue weighted by Gasteiger charge is 2.19. The number of carbonyl (C=O) groups excluding carboxylic acids is 1. The zero-order valence-corrected chi connectivity index (χ0v) is 16.5. The maximum absolute atomic E-state index is 13.2. The number of aromatic nitrogens is 5. The zero-order valence-electron chi connectivity index (χ0n) is 16.5. The Kier molecular flexibility index (Phi) is 4.82. The molecule has 0 saturated carbocycles. The van der Waals surface area contributed by atoms with E-state index in [0.29, 0.717) is 16.9 Å². The number of amides is 1. The second-order valence-electron chi connectivity index (χ2n) is 6.88. The van der Waals surface area contributed by atoms with Crippen LogP contribution in [-0.4, -0.2) is 30.5 Å². The van der Waals surface area contributed by atoms with Crippen LogP contribution < -0.4 is 5.32 Å². The van der Waals surface area contributed by atoms with Crippen LogP contribution in [0, 0.1) is 0 Å². The lowest BCUT2D eigenvalue weighted by Crippen LogP contribution is -2.12. The molecule has 0 aliphatic carbocycles. The second-order valence-corrected chi connectivity index (χ2v) is 6.88. The molecule has 0 unspecified atom stereocenters. The fraction of sp³-hybridized carbons (Fsp3) is 0. The number of hydrogen-bond acceptors (Lipinski definition) is 4. The van der Waals surface area contributed by atoms with Crippen LogP contribution in [0.25, 0.3) is 22.6 Å². The molecule has 5 rings (SSSR count). The first-order valence-electron chi connectivity index (χ1n) is 9.75. The SMILES string of the molecule is O=C(Nc1ccc(-n2cncn2)cc1)c1cn(-c2ccccc2)nc1-c1ccccc1. The van der Waals surface area contributed by atoms with Crippen LogP contribution in [0.1, 0.15) is 10.4 Å². The first-order chi connectivity index (χ1) is 15.3. The number of carbonyl (C=O) groups is 1. The van der Waals surface area contributed by atoms with E-state index in [1.807, 2.05) is 84.9 Å². The Balaban J connectivity index is 1.47. The summed E-state index contributed by atoms with van der Waals surface area (Å²) in [5.74, 6) is -0.227.